The normalized spacial score (nSPS) is 46.3. The van der Waals surface area contributed by atoms with Crippen LogP contribution in [0.2, 0.25) is 0 Å². The van der Waals surface area contributed by atoms with Crippen molar-refractivity contribution in [2.45, 2.75) is 58.4 Å². The molecule has 1 heteroatoms. The van der Waals surface area contributed by atoms with Crippen LogP contribution in [0.25, 0.3) is 0 Å². The van der Waals surface area contributed by atoms with E-state index in [0.29, 0.717) is 0 Å². The molecular formula is C15H27N. The first-order chi connectivity index (χ1) is 7.72. The zero-order valence-corrected chi connectivity index (χ0v) is 10.9. The maximum atomic E-state index is 3.83. The Labute approximate surface area is 100 Å². The van der Waals surface area contributed by atoms with Gasteiger partial charge in [0.15, 0.2) is 0 Å². The number of fused-ring (bicyclic) bond motifs is 2. The molecular weight excluding hydrogens is 194 g/mol. The summed E-state index contributed by atoms with van der Waals surface area (Å²) in [5.74, 6) is 5.16. The highest BCUT2D eigenvalue weighted by Gasteiger charge is 2.40. The molecule has 3 saturated carbocycles. The molecule has 0 spiro atoms. The number of nitrogens with one attached hydrogen (secondary N) is 1. The predicted octanol–water partition coefficient (Wildman–Crippen LogP) is 3.45. The fourth-order valence-electron chi connectivity index (χ4n) is 4.32. The van der Waals surface area contributed by atoms with Gasteiger partial charge in [-0.1, -0.05) is 20.3 Å². The van der Waals surface area contributed by atoms with Gasteiger partial charge in [0.1, 0.15) is 0 Å². The molecule has 0 saturated heterocycles. The third-order valence-electron chi connectivity index (χ3n) is 5.67. The van der Waals surface area contributed by atoms with Crippen LogP contribution in [0.5, 0.6) is 0 Å². The quantitative estimate of drug-likeness (QED) is 0.767. The van der Waals surface area contributed by atoms with E-state index in [1.165, 1.54) is 32.2 Å². The van der Waals surface area contributed by atoms with Crippen LogP contribution < -0.4 is 5.32 Å². The molecule has 0 aromatic carbocycles. The third-order valence-corrected chi connectivity index (χ3v) is 5.67. The van der Waals surface area contributed by atoms with Crippen molar-refractivity contribution in [3.05, 3.63) is 0 Å². The molecule has 3 rings (SSSR count). The minimum absolute atomic E-state index is 0.867. The van der Waals surface area contributed by atoms with Crippen LogP contribution in [0, 0.1) is 29.6 Å². The van der Waals surface area contributed by atoms with Crippen LogP contribution in [0.4, 0.5) is 0 Å². The van der Waals surface area contributed by atoms with Gasteiger partial charge in [-0.25, -0.2) is 0 Å². The van der Waals surface area contributed by atoms with E-state index in [1.54, 1.807) is 12.8 Å². The lowest BCUT2D eigenvalue weighted by Crippen LogP contribution is -2.45. The van der Waals surface area contributed by atoms with Crippen molar-refractivity contribution in [3.63, 3.8) is 0 Å². The van der Waals surface area contributed by atoms with Crippen molar-refractivity contribution >= 4 is 0 Å². The Balaban J connectivity index is 1.36. The molecule has 0 amide bonds. The molecule has 1 N–H and O–H groups in total. The Kier molecular flexibility index (Phi) is 2.99. The highest BCUT2D eigenvalue weighted by molar-refractivity contribution is 4.93. The lowest BCUT2D eigenvalue weighted by molar-refractivity contribution is 0.158. The van der Waals surface area contributed by atoms with Crippen LogP contribution in [0.15, 0.2) is 0 Å². The van der Waals surface area contributed by atoms with E-state index in [4.69, 9.17) is 0 Å². The second kappa shape index (κ2) is 4.33. The fourth-order valence-corrected chi connectivity index (χ4v) is 4.32. The summed E-state index contributed by atoms with van der Waals surface area (Å²) in [5, 5.41) is 3.83. The average molecular weight is 221 g/mol. The number of hydrogen-bond acceptors (Lipinski definition) is 1. The van der Waals surface area contributed by atoms with Crippen molar-refractivity contribution in [2.24, 2.45) is 29.6 Å². The van der Waals surface area contributed by atoms with Crippen LogP contribution in [0.1, 0.15) is 52.4 Å². The molecule has 2 bridgehead atoms. The standard InChI is InChI=1S/C15H27N/c1-10(2)13-7-15(8-13)16-9-14-6-11-3-4-12(14)5-11/h10-16H,3-9H2,1-2H3. The Bertz CT molecular complexity index is 242. The average Bonchev–Trinajstić information content (AvgIpc) is 2.75. The van der Waals surface area contributed by atoms with Crippen molar-refractivity contribution in [1.82, 2.24) is 5.32 Å². The summed E-state index contributed by atoms with van der Waals surface area (Å²) in [6.07, 6.45) is 9.07. The smallest absolute Gasteiger partial charge is 0.00726 e. The van der Waals surface area contributed by atoms with E-state index >= 15 is 0 Å². The van der Waals surface area contributed by atoms with E-state index in [1.807, 2.05) is 0 Å². The SMILES string of the molecule is CC(C)C1CC(NCC2CC3CCC2C3)C1. The first-order valence-electron chi connectivity index (χ1n) is 7.45. The molecule has 3 aliphatic carbocycles. The summed E-state index contributed by atoms with van der Waals surface area (Å²) in [7, 11) is 0. The zero-order chi connectivity index (χ0) is 11.1. The van der Waals surface area contributed by atoms with Gasteiger partial charge in [0.25, 0.3) is 0 Å². The molecule has 0 radical (unpaired) electrons. The third kappa shape index (κ3) is 2.03. The molecule has 0 aliphatic heterocycles. The van der Waals surface area contributed by atoms with Gasteiger partial charge in [-0.2, -0.15) is 0 Å². The van der Waals surface area contributed by atoms with Crippen LogP contribution in [-0.4, -0.2) is 12.6 Å². The van der Waals surface area contributed by atoms with Crippen molar-refractivity contribution in [1.29, 1.82) is 0 Å². The maximum absolute atomic E-state index is 3.83. The number of hydrogen-bond donors (Lipinski definition) is 1. The van der Waals surface area contributed by atoms with Gasteiger partial charge >= 0.3 is 0 Å². The van der Waals surface area contributed by atoms with Gasteiger partial charge in [-0.3, -0.25) is 0 Å². The molecule has 3 unspecified atom stereocenters. The Morgan fingerprint density at radius 3 is 2.44 bits per heavy atom. The predicted molar refractivity (Wildman–Crippen MR) is 68.3 cm³/mol. The summed E-state index contributed by atoms with van der Waals surface area (Å²) >= 11 is 0. The summed E-state index contributed by atoms with van der Waals surface area (Å²) in [4.78, 5) is 0. The van der Waals surface area contributed by atoms with Crippen LogP contribution >= 0.6 is 0 Å². The van der Waals surface area contributed by atoms with Crippen molar-refractivity contribution in [3.8, 4) is 0 Å². The Hall–Kier alpha value is -0.0400. The molecule has 1 nitrogen and oxygen atoms in total. The first kappa shape index (κ1) is 11.1. The van der Waals surface area contributed by atoms with E-state index in [9.17, 15) is 0 Å². The highest BCUT2D eigenvalue weighted by Crippen LogP contribution is 2.48. The molecule has 16 heavy (non-hydrogen) atoms. The molecule has 3 aliphatic rings. The lowest BCUT2D eigenvalue weighted by atomic mass is 9.73. The summed E-state index contributed by atoms with van der Waals surface area (Å²) in [6.45, 7) is 6.07. The molecule has 0 heterocycles. The highest BCUT2D eigenvalue weighted by atomic mass is 14.9. The minimum Gasteiger partial charge on any atom is -0.314 e. The fraction of sp³-hybridized carbons (Fsp3) is 1.00. The first-order valence-corrected chi connectivity index (χ1v) is 7.45. The van der Waals surface area contributed by atoms with E-state index in [2.05, 4.69) is 19.2 Å². The van der Waals surface area contributed by atoms with E-state index in [-0.39, 0.29) is 0 Å². The van der Waals surface area contributed by atoms with Crippen LogP contribution in [0.3, 0.4) is 0 Å². The molecule has 0 aromatic rings. The largest absolute Gasteiger partial charge is 0.314 e. The van der Waals surface area contributed by atoms with E-state index < -0.39 is 0 Å². The minimum atomic E-state index is 0.867. The summed E-state index contributed by atoms with van der Waals surface area (Å²) in [6, 6.07) is 0.867. The van der Waals surface area contributed by atoms with Gasteiger partial charge in [0.05, 0.1) is 0 Å². The summed E-state index contributed by atoms with van der Waals surface area (Å²) < 4.78 is 0. The second-order valence-electron chi connectivity index (χ2n) is 7.02. The van der Waals surface area contributed by atoms with Crippen molar-refractivity contribution < 1.29 is 0 Å². The summed E-state index contributed by atoms with van der Waals surface area (Å²) in [5.41, 5.74) is 0. The zero-order valence-electron chi connectivity index (χ0n) is 10.9. The van der Waals surface area contributed by atoms with Gasteiger partial charge in [-0.05, 0) is 68.2 Å². The number of rotatable bonds is 4. The monoisotopic (exact) mass is 221 g/mol. The second-order valence-corrected chi connectivity index (χ2v) is 7.02. The molecule has 3 atom stereocenters. The van der Waals surface area contributed by atoms with Gasteiger partial charge in [-0.15, -0.1) is 0 Å². The van der Waals surface area contributed by atoms with Gasteiger partial charge in [0, 0.05) is 6.04 Å². The topological polar surface area (TPSA) is 12.0 Å². The molecule has 92 valence electrons. The van der Waals surface area contributed by atoms with E-state index in [0.717, 1.165) is 35.6 Å². The molecule has 3 fully saturated rings. The Morgan fingerprint density at radius 2 is 1.88 bits per heavy atom. The van der Waals surface area contributed by atoms with Crippen molar-refractivity contribution in [2.75, 3.05) is 6.54 Å². The lowest BCUT2D eigenvalue weighted by Gasteiger charge is -2.39. The van der Waals surface area contributed by atoms with Gasteiger partial charge < -0.3 is 5.32 Å². The molecule has 0 aromatic heterocycles. The Morgan fingerprint density at radius 1 is 1.06 bits per heavy atom. The van der Waals surface area contributed by atoms with Crippen LogP contribution in [-0.2, 0) is 0 Å². The van der Waals surface area contributed by atoms with Gasteiger partial charge in [0.2, 0.25) is 0 Å². The maximum Gasteiger partial charge on any atom is 0.00726 e.